The van der Waals surface area contributed by atoms with E-state index in [1.54, 1.807) is 0 Å². The molecule has 1 aromatic rings. The largest absolute Gasteiger partial charge is 0.481 e. The number of fused-ring (bicyclic) bond motifs is 2. The highest BCUT2D eigenvalue weighted by Gasteiger charge is 2.60. The molecule has 6 nitrogen and oxygen atoms in total. The van der Waals surface area contributed by atoms with Gasteiger partial charge in [-0.1, -0.05) is 6.92 Å². The van der Waals surface area contributed by atoms with Crippen molar-refractivity contribution >= 4 is 17.6 Å². The number of hydrogen-bond donors (Lipinski definition) is 1. The van der Waals surface area contributed by atoms with Gasteiger partial charge in [0.05, 0.1) is 5.41 Å². The second-order valence-corrected chi connectivity index (χ2v) is 8.32. The zero-order chi connectivity index (χ0) is 19.2. The van der Waals surface area contributed by atoms with E-state index in [2.05, 4.69) is 16.8 Å². The van der Waals surface area contributed by atoms with E-state index in [1.165, 1.54) is 0 Å². The zero-order valence-corrected chi connectivity index (χ0v) is 16.2. The van der Waals surface area contributed by atoms with Crippen molar-refractivity contribution < 1.29 is 14.7 Å². The summed E-state index contributed by atoms with van der Waals surface area (Å²) in [7, 11) is 2.14. The average molecular weight is 371 g/mol. The van der Waals surface area contributed by atoms with Crippen LogP contribution in [0.25, 0.3) is 0 Å². The lowest BCUT2D eigenvalue weighted by Gasteiger charge is -2.34. The predicted octanol–water partition coefficient (Wildman–Crippen LogP) is 2.30. The Kier molecular flexibility index (Phi) is 4.62. The number of carboxylic acids is 1. The van der Waals surface area contributed by atoms with Crippen LogP contribution in [-0.4, -0.2) is 72.1 Å². The van der Waals surface area contributed by atoms with E-state index in [4.69, 9.17) is 0 Å². The fourth-order valence-electron chi connectivity index (χ4n) is 5.28. The molecule has 6 heteroatoms. The summed E-state index contributed by atoms with van der Waals surface area (Å²) in [6, 6.07) is 7.76. The van der Waals surface area contributed by atoms with Crippen molar-refractivity contribution in [3.63, 3.8) is 0 Å². The first-order valence-corrected chi connectivity index (χ1v) is 10.1. The Bertz CT molecular complexity index is 727. The molecule has 146 valence electrons. The maximum atomic E-state index is 13.2. The topological polar surface area (TPSA) is 64.1 Å². The van der Waals surface area contributed by atoms with Crippen LogP contribution in [0.2, 0.25) is 0 Å². The smallest absolute Gasteiger partial charge is 0.311 e. The molecule has 3 aliphatic heterocycles. The Morgan fingerprint density at radius 1 is 1.11 bits per heavy atom. The monoisotopic (exact) mass is 371 g/mol. The number of piperazine rings is 1. The summed E-state index contributed by atoms with van der Waals surface area (Å²) in [5.74, 6) is -0.760. The maximum Gasteiger partial charge on any atom is 0.311 e. The predicted molar refractivity (Wildman–Crippen MR) is 104 cm³/mol. The van der Waals surface area contributed by atoms with Crippen LogP contribution >= 0.6 is 0 Å². The molecule has 3 atom stereocenters. The molecule has 3 aliphatic rings. The number of aliphatic carboxylic acids is 1. The van der Waals surface area contributed by atoms with Gasteiger partial charge >= 0.3 is 5.97 Å². The van der Waals surface area contributed by atoms with Crippen LogP contribution in [0.15, 0.2) is 24.3 Å². The van der Waals surface area contributed by atoms with Crippen molar-refractivity contribution in [2.75, 3.05) is 38.1 Å². The van der Waals surface area contributed by atoms with E-state index in [1.807, 2.05) is 36.1 Å². The summed E-state index contributed by atoms with van der Waals surface area (Å²) in [5.41, 5.74) is 1.05. The van der Waals surface area contributed by atoms with E-state index in [9.17, 15) is 14.7 Å². The molecule has 27 heavy (non-hydrogen) atoms. The van der Waals surface area contributed by atoms with Crippen molar-refractivity contribution in [3.8, 4) is 0 Å². The van der Waals surface area contributed by atoms with E-state index in [0.29, 0.717) is 18.4 Å². The molecule has 0 spiro atoms. The lowest BCUT2D eigenvalue weighted by atomic mass is 9.72. The quantitative estimate of drug-likeness (QED) is 0.880. The summed E-state index contributed by atoms with van der Waals surface area (Å²) in [6.07, 6.45) is 2.89. The third-order valence-electron chi connectivity index (χ3n) is 7.01. The Labute approximate surface area is 160 Å². The van der Waals surface area contributed by atoms with Gasteiger partial charge in [-0.2, -0.15) is 0 Å². The second kappa shape index (κ2) is 6.82. The van der Waals surface area contributed by atoms with E-state index >= 15 is 0 Å². The minimum atomic E-state index is -0.766. The van der Waals surface area contributed by atoms with Gasteiger partial charge in [-0.25, -0.2) is 0 Å². The molecule has 3 heterocycles. The first-order chi connectivity index (χ1) is 13.0. The van der Waals surface area contributed by atoms with Crippen molar-refractivity contribution in [3.05, 3.63) is 29.8 Å². The van der Waals surface area contributed by atoms with Gasteiger partial charge < -0.3 is 19.8 Å². The minimum Gasteiger partial charge on any atom is -0.481 e. The van der Waals surface area contributed by atoms with Crippen molar-refractivity contribution in [2.24, 2.45) is 5.41 Å². The van der Waals surface area contributed by atoms with Gasteiger partial charge in [0.1, 0.15) is 0 Å². The highest BCUT2D eigenvalue weighted by Crippen LogP contribution is 2.52. The van der Waals surface area contributed by atoms with Crippen LogP contribution < -0.4 is 4.90 Å². The molecular formula is C21H29N3O3. The summed E-state index contributed by atoms with van der Waals surface area (Å²) in [4.78, 5) is 31.7. The van der Waals surface area contributed by atoms with E-state index < -0.39 is 11.4 Å². The fourth-order valence-corrected chi connectivity index (χ4v) is 5.28. The van der Waals surface area contributed by atoms with E-state index in [-0.39, 0.29) is 18.0 Å². The van der Waals surface area contributed by atoms with Crippen LogP contribution in [0.3, 0.4) is 0 Å². The first-order valence-electron chi connectivity index (χ1n) is 10.1. The number of hydrogen-bond acceptors (Lipinski definition) is 4. The van der Waals surface area contributed by atoms with Crippen molar-refractivity contribution in [1.82, 2.24) is 9.80 Å². The molecule has 4 rings (SSSR count). The van der Waals surface area contributed by atoms with Gasteiger partial charge in [-0.15, -0.1) is 0 Å². The lowest BCUT2D eigenvalue weighted by Crippen LogP contribution is -2.45. The lowest BCUT2D eigenvalue weighted by molar-refractivity contribution is -0.151. The number of benzene rings is 1. The highest BCUT2D eigenvalue weighted by molar-refractivity contribution is 5.96. The molecule has 3 fully saturated rings. The van der Waals surface area contributed by atoms with Crippen LogP contribution in [0.4, 0.5) is 5.69 Å². The molecule has 0 aliphatic carbocycles. The van der Waals surface area contributed by atoms with Gasteiger partial charge in [0.2, 0.25) is 0 Å². The third-order valence-corrected chi connectivity index (χ3v) is 7.01. The van der Waals surface area contributed by atoms with Gasteiger partial charge in [0, 0.05) is 49.5 Å². The number of carboxylic acid groups (broad SMARTS) is 1. The molecule has 0 radical (unpaired) electrons. The molecule has 0 aromatic heterocycles. The second-order valence-electron chi connectivity index (χ2n) is 8.32. The molecule has 0 saturated carbocycles. The SMILES string of the molecule is CC[C@@]1(C(=O)O)C[C@@H]2CC[C@H]1N2C(=O)c1ccc(N2CCN(C)CC2)cc1. The Morgan fingerprint density at radius 2 is 1.78 bits per heavy atom. The number of nitrogens with zero attached hydrogens (tertiary/aromatic N) is 3. The molecule has 1 aromatic carbocycles. The molecular weight excluding hydrogens is 342 g/mol. The number of anilines is 1. The summed E-state index contributed by atoms with van der Waals surface area (Å²) < 4.78 is 0. The molecule has 1 N–H and O–H groups in total. The number of rotatable bonds is 4. The third kappa shape index (κ3) is 2.90. The Hall–Kier alpha value is -2.08. The molecule has 0 unspecified atom stereocenters. The molecule has 1 amide bonds. The zero-order valence-electron chi connectivity index (χ0n) is 16.2. The number of likely N-dealkylation sites (N-methyl/N-ethyl adjacent to an activating group) is 1. The normalized spacial score (nSPS) is 30.7. The number of carbonyl (C=O) groups is 2. The fraction of sp³-hybridized carbons (Fsp3) is 0.619. The summed E-state index contributed by atoms with van der Waals surface area (Å²) in [5, 5.41) is 9.81. The number of carbonyl (C=O) groups excluding carboxylic acids is 1. The Balaban J connectivity index is 1.51. The average Bonchev–Trinajstić information content (AvgIpc) is 3.24. The van der Waals surface area contributed by atoms with Gasteiger partial charge in [-0.05, 0) is 57.0 Å². The van der Waals surface area contributed by atoms with Crippen LogP contribution in [-0.2, 0) is 4.79 Å². The maximum absolute atomic E-state index is 13.2. The van der Waals surface area contributed by atoms with Crippen molar-refractivity contribution in [1.29, 1.82) is 0 Å². The van der Waals surface area contributed by atoms with Gasteiger partial charge in [0.15, 0.2) is 0 Å². The van der Waals surface area contributed by atoms with Gasteiger partial charge in [-0.3, -0.25) is 9.59 Å². The van der Waals surface area contributed by atoms with Crippen molar-refractivity contribution in [2.45, 2.75) is 44.7 Å². The van der Waals surface area contributed by atoms with Crippen LogP contribution in [0.5, 0.6) is 0 Å². The van der Waals surface area contributed by atoms with Crippen LogP contribution in [0, 0.1) is 5.41 Å². The summed E-state index contributed by atoms with van der Waals surface area (Å²) >= 11 is 0. The standard InChI is InChI=1S/C21H29N3O3/c1-3-21(20(26)27)14-17-8-9-18(21)24(17)19(25)15-4-6-16(7-5-15)23-12-10-22(2)11-13-23/h4-7,17-18H,3,8-14H2,1-2H3,(H,26,27)/t17-,18+,21+/m0/s1. The molecule has 3 saturated heterocycles. The Morgan fingerprint density at radius 3 is 2.33 bits per heavy atom. The minimum absolute atomic E-state index is 0.0102. The summed E-state index contributed by atoms with van der Waals surface area (Å²) in [6.45, 7) is 6.02. The van der Waals surface area contributed by atoms with E-state index in [0.717, 1.165) is 44.7 Å². The molecule has 2 bridgehead atoms. The highest BCUT2D eigenvalue weighted by atomic mass is 16.4. The first kappa shape index (κ1) is 18.3. The van der Waals surface area contributed by atoms with Gasteiger partial charge in [0.25, 0.3) is 5.91 Å². The van der Waals surface area contributed by atoms with Crippen LogP contribution in [0.1, 0.15) is 43.0 Å². The number of amides is 1.